The van der Waals surface area contributed by atoms with Gasteiger partial charge >= 0.3 is 6.09 Å². The molecule has 41 heavy (non-hydrogen) atoms. The molecule has 5 rings (SSSR count). The van der Waals surface area contributed by atoms with Crippen LogP contribution in [0.4, 0.5) is 9.93 Å². The minimum absolute atomic E-state index is 0. The van der Waals surface area contributed by atoms with E-state index in [1.165, 1.54) is 38.2 Å². The third kappa shape index (κ3) is 7.28. The summed E-state index contributed by atoms with van der Waals surface area (Å²) in [4.78, 5) is 35.6. The number of halogens is 1. The lowest BCUT2D eigenvalue weighted by Crippen LogP contribution is -2.50. The van der Waals surface area contributed by atoms with Gasteiger partial charge in [-0.2, -0.15) is 4.31 Å². The molecule has 2 amide bonds. The Hall–Kier alpha value is -2.97. The number of hydrogen-bond acceptors (Lipinski definition) is 9. The number of nitrogens with one attached hydrogen (secondary N) is 1. The van der Waals surface area contributed by atoms with Crippen LogP contribution in [-0.4, -0.2) is 112 Å². The van der Waals surface area contributed by atoms with Crippen molar-refractivity contribution < 1.29 is 22.7 Å². The minimum Gasteiger partial charge on any atom is -0.450 e. The minimum atomic E-state index is -3.72. The van der Waals surface area contributed by atoms with Crippen LogP contribution >= 0.6 is 23.7 Å². The van der Waals surface area contributed by atoms with Gasteiger partial charge in [0.15, 0.2) is 5.13 Å². The van der Waals surface area contributed by atoms with Crippen molar-refractivity contribution in [2.45, 2.75) is 11.8 Å². The molecule has 3 heterocycles. The highest BCUT2D eigenvalue weighted by atomic mass is 35.5. The first-order valence-corrected chi connectivity index (χ1v) is 15.7. The second kappa shape index (κ2) is 13.8. The summed E-state index contributed by atoms with van der Waals surface area (Å²) in [5.74, 6) is -0.236. The Labute approximate surface area is 250 Å². The average Bonchev–Trinajstić information content (AvgIpc) is 3.42. The quantitative estimate of drug-likeness (QED) is 0.408. The highest BCUT2D eigenvalue weighted by Gasteiger charge is 2.30. The Morgan fingerprint density at radius 2 is 1.63 bits per heavy atom. The molecule has 2 aliphatic heterocycles. The number of piperazine rings is 2. The fraction of sp³-hybridized carbons (Fsp3) is 0.444. The number of benzene rings is 2. The summed E-state index contributed by atoms with van der Waals surface area (Å²) in [5, 5.41) is 3.99. The molecule has 0 unspecified atom stereocenters. The maximum absolute atomic E-state index is 13.1. The smallest absolute Gasteiger partial charge is 0.409 e. The number of aromatic nitrogens is 1. The number of hydrogen-bond donors (Lipinski definition) is 1. The van der Waals surface area contributed by atoms with E-state index in [0.29, 0.717) is 12.1 Å². The molecule has 0 aliphatic carbocycles. The lowest BCUT2D eigenvalue weighted by Gasteiger charge is -2.34. The fourth-order valence-electron chi connectivity index (χ4n) is 4.84. The first-order valence-electron chi connectivity index (χ1n) is 13.5. The van der Waals surface area contributed by atoms with Crippen LogP contribution < -0.4 is 10.2 Å². The average molecular weight is 623 g/mol. The number of ether oxygens (including phenoxy) is 1. The van der Waals surface area contributed by atoms with Gasteiger partial charge in [0, 0.05) is 71.0 Å². The zero-order valence-electron chi connectivity index (χ0n) is 22.9. The van der Waals surface area contributed by atoms with E-state index >= 15 is 0 Å². The van der Waals surface area contributed by atoms with Crippen molar-refractivity contribution in [3.05, 3.63) is 54.1 Å². The zero-order chi connectivity index (χ0) is 28.1. The number of carbonyl (C=O) groups excluding carboxylic acids is 2. The van der Waals surface area contributed by atoms with Gasteiger partial charge in [-0.25, -0.2) is 18.2 Å². The molecule has 2 saturated heterocycles. The largest absolute Gasteiger partial charge is 0.450 e. The summed E-state index contributed by atoms with van der Waals surface area (Å²) in [5.41, 5.74) is 1.44. The molecular formula is C27H35ClN6O5S2. The fourth-order valence-corrected chi connectivity index (χ4v) is 7.28. The van der Waals surface area contributed by atoms with Crippen molar-refractivity contribution in [3.63, 3.8) is 0 Å². The third-order valence-corrected chi connectivity index (χ3v) is 10.2. The number of fused-ring (bicyclic) bond motifs is 1. The van der Waals surface area contributed by atoms with E-state index < -0.39 is 16.1 Å². The second-order valence-corrected chi connectivity index (χ2v) is 12.6. The number of rotatable bonds is 8. The van der Waals surface area contributed by atoms with Crippen molar-refractivity contribution in [2.24, 2.45) is 0 Å². The molecule has 1 aromatic heterocycles. The van der Waals surface area contributed by atoms with Crippen LogP contribution in [0.5, 0.6) is 0 Å². The third-order valence-electron chi connectivity index (χ3n) is 7.16. The van der Waals surface area contributed by atoms with Crippen molar-refractivity contribution in [2.75, 3.05) is 77.0 Å². The molecule has 11 nitrogen and oxygen atoms in total. The molecule has 3 aromatic rings. The summed E-state index contributed by atoms with van der Waals surface area (Å²) >= 11 is 1.72. The topological polar surface area (TPSA) is 115 Å². The van der Waals surface area contributed by atoms with Gasteiger partial charge in [0.1, 0.15) is 0 Å². The summed E-state index contributed by atoms with van der Waals surface area (Å²) in [6.07, 6.45) is -0.429. The molecule has 0 saturated carbocycles. The van der Waals surface area contributed by atoms with Crippen LogP contribution in [0, 0.1) is 0 Å². The zero-order valence-corrected chi connectivity index (χ0v) is 25.3. The van der Waals surface area contributed by atoms with E-state index in [1.54, 1.807) is 18.3 Å². The number of amides is 2. The molecule has 14 heteroatoms. The molecule has 1 N–H and O–H groups in total. The molecule has 222 valence electrons. The Kier molecular flexibility index (Phi) is 10.4. The molecular weight excluding hydrogens is 588 g/mol. The lowest BCUT2D eigenvalue weighted by molar-refractivity contribution is 0.0932. The second-order valence-electron chi connectivity index (χ2n) is 9.66. The predicted octanol–water partition coefficient (Wildman–Crippen LogP) is 2.73. The highest BCUT2D eigenvalue weighted by Crippen LogP contribution is 2.29. The highest BCUT2D eigenvalue weighted by molar-refractivity contribution is 7.89. The van der Waals surface area contributed by atoms with Crippen LogP contribution in [0.25, 0.3) is 10.2 Å². The van der Waals surface area contributed by atoms with E-state index in [1.807, 2.05) is 18.2 Å². The van der Waals surface area contributed by atoms with E-state index in [9.17, 15) is 18.0 Å². The van der Waals surface area contributed by atoms with Crippen LogP contribution in [0.3, 0.4) is 0 Å². The summed E-state index contributed by atoms with van der Waals surface area (Å²) in [6, 6.07) is 14.2. The molecule has 2 aliphatic rings. The van der Waals surface area contributed by atoms with E-state index in [0.717, 1.165) is 43.4 Å². The molecule has 2 fully saturated rings. The lowest BCUT2D eigenvalue weighted by atomic mass is 10.2. The summed E-state index contributed by atoms with van der Waals surface area (Å²) in [7, 11) is -3.72. The van der Waals surface area contributed by atoms with E-state index in [4.69, 9.17) is 9.72 Å². The summed E-state index contributed by atoms with van der Waals surface area (Å²) < 4.78 is 33.7. The Morgan fingerprint density at radius 3 is 2.29 bits per heavy atom. The van der Waals surface area contributed by atoms with Gasteiger partial charge in [-0.15, -0.1) is 12.4 Å². The van der Waals surface area contributed by atoms with Crippen molar-refractivity contribution in [1.29, 1.82) is 0 Å². The number of anilines is 1. The molecule has 0 bridgehead atoms. The number of nitrogens with zero attached hydrogens (tertiary/aromatic N) is 5. The number of carbonyl (C=O) groups is 2. The molecule has 0 spiro atoms. The summed E-state index contributed by atoms with van der Waals surface area (Å²) in [6.45, 7) is 7.76. The van der Waals surface area contributed by atoms with E-state index in [-0.39, 0.29) is 56.0 Å². The maximum atomic E-state index is 13.1. The molecule has 0 atom stereocenters. The van der Waals surface area contributed by atoms with Crippen LogP contribution in [0.15, 0.2) is 53.4 Å². The van der Waals surface area contributed by atoms with Crippen molar-refractivity contribution in [1.82, 2.24) is 24.4 Å². The Morgan fingerprint density at radius 1 is 0.951 bits per heavy atom. The van der Waals surface area contributed by atoms with Crippen molar-refractivity contribution >= 4 is 61.1 Å². The maximum Gasteiger partial charge on any atom is 0.409 e. The predicted molar refractivity (Wildman–Crippen MR) is 162 cm³/mol. The molecule has 2 aromatic carbocycles. The van der Waals surface area contributed by atoms with E-state index in [2.05, 4.69) is 21.2 Å². The van der Waals surface area contributed by atoms with Gasteiger partial charge in [0.25, 0.3) is 5.91 Å². The van der Waals surface area contributed by atoms with Gasteiger partial charge in [-0.05, 0) is 43.3 Å². The van der Waals surface area contributed by atoms with Gasteiger partial charge in [-0.3, -0.25) is 9.69 Å². The van der Waals surface area contributed by atoms with Crippen LogP contribution in [0.1, 0.15) is 17.3 Å². The SMILES string of the molecule is CCOC(=O)N1CCN(S(=O)(=O)c2ccc(C(=O)NCCN3CCN(c4nc5ccccc5s4)CC3)cc2)CC1.Cl. The van der Waals surface area contributed by atoms with Crippen LogP contribution in [0.2, 0.25) is 0 Å². The normalized spacial score (nSPS) is 16.8. The first-order chi connectivity index (χ1) is 19.3. The monoisotopic (exact) mass is 622 g/mol. The van der Waals surface area contributed by atoms with Gasteiger partial charge in [0.05, 0.1) is 21.7 Å². The Balaban J connectivity index is 0.00000387. The molecule has 0 radical (unpaired) electrons. The van der Waals surface area contributed by atoms with Crippen molar-refractivity contribution in [3.8, 4) is 0 Å². The number of para-hydroxylation sites is 1. The Bertz CT molecular complexity index is 1400. The number of thiazole rings is 1. The van der Waals surface area contributed by atoms with Gasteiger partial charge < -0.3 is 19.9 Å². The standard InChI is InChI=1S/C27H34N6O5S2.ClH/c1-2-38-27(35)32-17-19-33(20-18-32)40(36,37)22-9-7-21(8-10-22)25(34)28-11-12-30-13-15-31(16-14-30)26-29-23-5-3-4-6-24(23)39-26;/h3-10H,2,11-20H2,1H3,(H,28,34);1H. The van der Waals surface area contributed by atoms with Gasteiger partial charge in [0.2, 0.25) is 10.0 Å². The first kappa shape index (κ1) is 31.0. The van der Waals surface area contributed by atoms with Crippen LogP contribution in [-0.2, 0) is 14.8 Å². The van der Waals surface area contributed by atoms with Gasteiger partial charge in [-0.1, -0.05) is 23.5 Å². The number of sulfonamides is 1.